The van der Waals surface area contributed by atoms with Crippen LogP contribution in [0.1, 0.15) is 55.6 Å². The molecule has 27 heavy (non-hydrogen) atoms. The van der Waals surface area contributed by atoms with Gasteiger partial charge in [-0.2, -0.15) is 0 Å². The molecule has 1 aromatic heterocycles. The molecule has 1 amide bonds. The Balaban J connectivity index is 1.52. The first-order valence-electron chi connectivity index (χ1n) is 9.48. The van der Waals surface area contributed by atoms with Gasteiger partial charge in [0.15, 0.2) is 5.11 Å². The molecule has 7 heteroatoms. The van der Waals surface area contributed by atoms with Crippen LogP contribution in [0.25, 0.3) is 10.6 Å². The number of nitrogens with one attached hydrogen (secondary N) is 3. The van der Waals surface area contributed by atoms with Crippen LogP contribution in [0.5, 0.6) is 0 Å². The number of carbonyl (C=O) groups excluding carboxylic acids is 1. The molecule has 0 bridgehead atoms. The zero-order valence-corrected chi connectivity index (χ0v) is 17.4. The number of rotatable bonds is 4. The third-order valence-corrected chi connectivity index (χ3v) is 6.17. The van der Waals surface area contributed by atoms with Gasteiger partial charge in [-0.15, -0.1) is 11.3 Å². The molecule has 1 saturated carbocycles. The first-order valence-corrected chi connectivity index (χ1v) is 10.8. The number of hydrazine groups is 1. The summed E-state index contributed by atoms with van der Waals surface area (Å²) in [5, 5.41) is 6.35. The zero-order chi connectivity index (χ0) is 19.2. The van der Waals surface area contributed by atoms with Gasteiger partial charge in [0.2, 0.25) is 0 Å². The van der Waals surface area contributed by atoms with Crippen molar-refractivity contribution in [1.29, 1.82) is 0 Å². The Morgan fingerprint density at radius 1 is 1.22 bits per heavy atom. The van der Waals surface area contributed by atoms with Crippen LogP contribution in [0.3, 0.4) is 0 Å². The first kappa shape index (κ1) is 19.8. The molecule has 0 aliphatic heterocycles. The fourth-order valence-corrected chi connectivity index (χ4v) is 4.31. The Hall–Kier alpha value is -1.99. The SMILES string of the molecule is CCc1ccc(-c2nc(C(=O)NNC(=S)N[C@H]3CCCC[C@@H]3C)cs2)cc1. The molecule has 5 nitrogen and oxygen atoms in total. The van der Waals surface area contributed by atoms with E-state index in [1.54, 1.807) is 5.38 Å². The van der Waals surface area contributed by atoms with E-state index in [1.165, 1.54) is 36.2 Å². The maximum absolute atomic E-state index is 12.3. The zero-order valence-electron chi connectivity index (χ0n) is 15.7. The van der Waals surface area contributed by atoms with Gasteiger partial charge in [-0.05, 0) is 43.0 Å². The second-order valence-corrected chi connectivity index (χ2v) is 8.28. The van der Waals surface area contributed by atoms with Gasteiger partial charge in [0, 0.05) is 17.0 Å². The van der Waals surface area contributed by atoms with E-state index in [-0.39, 0.29) is 5.91 Å². The topological polar surface area (TPSA) is 66.0 Å². The summed E-state index contributed by atoms with van der Waals surface area (Å²) in [6.45, 7) is 4.37. The van der Waals surface area contributed by atoms with Crippen LogP contribution >= 0.6 is 23.6 Å². The van der Waals surface area contributed by atoms with E-state index in [2.05, 4.69) is 47.1 Å². The molecule has 1 aliphatic carbocycles. The highest BCUT2D eigenvalue weighted by molar-refractivity contribution is 7.80. The molecule has 1 aliphatic rings. The lowest BCUT2D eigenvalue weighted by molar-refractivity contribution is 0.0939. The first-order chi connectivity index (χ1) is 13.1. The van der Waals surface area contributed by atoms with E-state index in [0.29, 0.717) is 22.8 Å². The molecule has 3 N–H and O–H groups in total. The Kier molecular flexibility index (Phi) is 6.79. The lowest BCUT2D eigenvalue weighted by Crippen LogP contribution is -2.51. The molecule has 2 aromatic rings. The summed E-state index contributed by atoms with van der Waals surface area (Å²) in [7, 11) is 0. The summed E-state index contributed by atoms with van der Waals surface area (Å²) >= 11 is 6.77. The highest BCUT2D eigenvalue weighted by atomic mass is 32.1. The maximum atomic E-state index is 12.3. The van der Waals surface area contributed by atoms with Crippen LogP contribution in [0.4, 0.5) is 0 Å². The smallest absolute Gasteiger partial charge is 0.289 e. The Labute approximate surface area is 169 Å². The van der Waals surface area contributed by atoms with Crippen molar-refractivity contribution < 1.29 is 4.79 Å². The molecule has 3 rings (SSSR count). The normalized spacial score (nSPS) is 19.3. The quantitative estimate of drug-likeness (QED) is 0.532. The fourth-order valence-electron chi connectivity index (χ4n) is 3.31. The molecule has 0 saturated heterocycles. The van der Waals surface area contributed by atoms with E-state index in [0.717, 1.165) is 23.4 Å². The minimum Gasteiger partial charge on any atom is -0.358 e. The van der Waals surface area contributed by atoms with Gasteiger partial charge in [-0.1, -0.05) is 51.0 Å². The standard InChI is InChI=1S/C20H26N4OS2/c1-3-14-8-10-15(11-9-14)19-21-17(12-27-19)18(25)23-24-20(26)22-16-7-5-4-6-13(16)2/h8-13,16H,3-7H2,1-2H3,(H,23,25)(H2,22,24,26)/t13-,16-/m0/s1. The van der Waals surface area contributed by atoms with E-state index in [4.69, 9.17) is 12.2 Å². The number of carbonyl (C=O) groups is 1. The lowest BCUT2D eigenvalue weighted by atomic mass is 9.86. The molecule has 2 atom stereocenters. The monoisotopic (exact) mass is 402 g/mol. The summed E-state index contributed by atoms with van der Waals surface area (Å²) < 4.78 is 0. The Morgan fingerprint density at radius 2 is 1.96 bits per heavy atom. The van der Waals surface area contributed by atoms with E-state index in [1.807, 2.05) is 12.1 Å². The molecule has 1 fully saturated rings. The minimum absolute atomic E-state index is 0.288. The van der Waals surface area contributed by atoms with Crippen LogP contribution in [-0.2, 0) is 6.42 Å². The van der Waals surface area contributed by atoms with Crippen molar-refractivity contribution in [3.8, 4) is 10.6 Å². The molecule has 1 heterocycles. The fraction of sp³-hybridized carbons (Fsp3) is 0.450. The summed E-state index contributed by atoms with van der Waals surface area (Å²) in [6.07, 6.45) is 5.84. The van der Waals surface area contributed by atoms with Crippen molar-refractivity contribution in [1.82, 2.24) is 21.2 Å². The maximum Gasteiger partial charge on any atom is 0.289 e. The van der Waals surface area contributed by atoms with Gasteiger partial charge >= 0.3 is 0 Å². The molecular formula is C20H26N4OS2. The molecule has 0 radical (unpaired) electrons. The highest BCUT2D eigenvalue weighted by Crippen LogP contribution is 2.24. The highest BCUT2D eigenvalue weighted by Gasteiger charge is 2.22. The summed E-state index contributed by atoms with van der Waals surface area (Å²) in [6, 6.07) is 8.64. The van der Waals surface area contributed by atoms with Crippen molar-refractivity contribution in [2.45, 2.75) is 52.0 Å². The van der Waals surface area contributed by atoms with Crippen LogP contribution < -0.4 is 16.2 Å². The van der Waals surface area contributed by atoms with Crippen molar-refractivity contribution in [3.63, 3.8) is 0 Å². The summed E-state index contributed by atoms with van der Waals surface area (Å²) in [5.74, 6) is 0.304. The number of thiocarbonyl (C=S) groups is 1. The van der Waals surface area contributed by atoms with E-state index in [9.17, 15) is 4.79 Å². The van der Waals surface area contributed by atoms with Gasteiger partial charge in [0.25, 0.3) is 5.91 Å². The second-order valence-electron chi connectivity index (χ2n) is 7.01. The van der Waals surface area contributed by atoms with E-state index < -0.39 is 0 Å². The van der Waals surface area contributed by atoms with Crippen LogP contribution in [0.15, 0.2) is 29.6 Å². The van der Waals surface area contributed by atoms with Crippen molar-refractivity contribution in [2.24, 2.45) is 5.92 Å². The Bertz CT molecular complexity index is 788. The van der Waals surface area contributed by atoms with Crippen LogP contribution in [0.2, 0.25) is 0 Å². The van der Waals surface area contributed by atoms with Crippen molar-refractivity contribution in [3.05, 3.63) is 40.9 Å². The molecule has 0 spiro atoms. The van der Waals surface area contributed by atoms with Crippen LogP contribution in [-0.4, -0.2) is 22.0 Å². The number of nitrogens with zero attached hydrogens (tertiary/aromatic N) is 1. The third-order valence-electron chi connectivity index (χ3n) is 5.06. The number of amides is 1. The van der Waals surface area contributed by atoms with E-state index >= 15 is 0 Å². The number of thiazole rings is 1. The second kappa shape index (κ2) is 9.28. The number of hydrogen-bond acceptors (Lipinski definition) is 4. The Morgan fingerprint density at radius 3 is 2.67 bits per heavy atom. The van der Waals surface area contributed by atoms with Crippen molar-refractivity contribution >= 4 is 34.6 Å². The molecular weight excluding hydrogens is 376 g/mol. The number of benzene rings is 1. The molecule has 144 valence electrons. The molecule has 0 unspecified atom stereocenters. The average Bonchev–Trinajstić information content (AvgIpc) is 3.18. The minimum atomic E-state index is -0.288. The molecule has 1 aromatic carbocycles. The summed E-state index contributed by atoms with van der Waals surface area (Å²) in [5.41, 5.74) is 8.13. The van der Waals surface area contributed by atoms with Gasteiger partial charge in [-0.3, -0.25) is 15.6 Å². The predicted molar refractivity (Wildman–Crippen MR) is 115 cm³/mol. The van der Waals surface area contributed by atoms with Gasteiger partial charge in [0.05, 0.1) is 0 Å². The summed E-state index contributed by atoms with van der Waals surface area (Å²) in [4.78, 5) is 16.8. The van der Waals surface area contributed by atoms with Crippen LogP contribution in [0, 0.1) is 5.92 Å². The lowest BCUT2D eigenvalue weighted by Gasteiger charge is -2.30. The van der Waals surface area contributed by atoms with Crippen molar-refractivity contribution in [2.75, 3.05) is 0 Å². The van der Waals surface area contributed by atoms with Gasteiger partial charge < -0.3 is 5.32 Å². The number of aryl methyl sites for hydroxylation is 1. The number of hydrogen-bond donors (Lipinski definition) is 3. The number of aromatic nitrogens is 1. The van der Waals surface area contributed by atoms with Gasteiger partial charge in [-0.25, -0.2) is 4.98 Å². The average molecular weight is 403 g/mol. The largest absolute Gasteiger partial charge is 0.358 e. The van der Waals surface area contributed by atoms with Gasteiger partial charge in [0.1, 0.15) is 10.7 Å². The predicted octanol–water partition coefficient (Wildman–Crippen LogP) is 4.06. The third kappa shape index (κ3) is 5.26.